The molecule has 2 aliphatic rings. The third-order valence-corrected chi connectivity index (χ3v) is 3.77. The van der Waals surface area contributed by atoms with Crippen molar-refractivity contribution < 1.29 is 9.90 Å². The number of aliphatic hydroxyl groups is 1. The summed E-state index contributed by atoms with van der Waals surface area (Å²) in [6, 6.07) is 0.467. The number of carbonyl (C=O) groups excluding carboxylic acids is 1. The van der Waals surface area contributed by atoms with Gasteiger partial charge in [0.2, 0.25) is 0 Å². The number of carbonyl (C=O) groups is 1. The molecule has 0 aromatic carbocycles. The molecule has 86 valence electrons. The number of piperidine rings is 1. The van der Waals surface area contributed by atoms with E-state index in [0.717, 1.165) is 38.8 Å². The van der Waals surface area contributed by atoms with Gasteiger partial charge in [-0.3, -0.25) is 9.69 Å². The Hall–Kier alpha value is -0.410. The molecule has 2 rings (SSSR count). The highest BCUT2D eigenvalue weighted by atomic mass is 16.3. The zero-order chi connectivity index (χ0) is 10.8. The topological polar surface area (TPSA) is 40.5 Å². The summed E-state index contributed by atoms with van der Waals surface area (Å²) in [5.41, 5.74) is 0. The van der Waals surface area contributed by atoms with Gasteiger partial charge in [-0.2, -0.15) is 0 Å². The summed E-state index contributed by atoms with van der Waals surface area (Å²) in [6.07, 6.45) is 3.67. The normalized spacial score (nSPS) is 38.5. The van der Waals surface area contributed by atoms with Crippen molar-refractivity contribution in [2.45, 2.75) is 38.6 Å². The zero-order valence-electron chi connectivity index (χ0n) is 9.48. The molecule has 0 aromatic rings. The number of nitrogens with zero attached hydrogens (tertiary/aromatic N) is 1. The molecule has 0 spiro atoms. The molecule has 1 saturated carbocycles. The van der Waals surface area contributed by atoms with E-state index in [1.54, 1.807) is 0 Å². The summed E-state index contributed by atoms with van der Waals surface area (Å²) < 4.78 is 0. The first-order valence-corrected chi connectivity index (χ1v) is 6.05. The highest BCUT2D eigenvalue weighted by Gasteiger charge is 2.32. The lowest BCUT2D eigenvalue weighted by Gasteiger charge is -2.39. The minimum atomic E-state index is 0.293. The molecule has 1 aliphatic heterocycles. The Morgan fingerprint density at radius 2 is 2.27 bits per heavy atom. The molecule has 2 fully saturated rings. The van der Waals surface area contributed by atoms with Crippen LogP contribution in [-0.2, 0) is 4.79 Å². The van der Waals surface area contributed by atoms with E-state index in [9.17, 15) is 9.90 Å². The number of aliphatic hydroxyl groups excluding tert-OH is 1. The van der Waals surface area contributed by atoms with Crippen molar-refractivity contribution in [2.24, 2.45) is 11.8 Å². The Labute approximate surface area is 91.5 Å². The molecule has 1 N–H and O–H groups in total. The molecule has 3 nitrogen and oxygen atoms in total. The van der Waals surface area contributed by atoms with Crippen LogP contribution in [0.2, 0.25) is 0 Å². The van der Waals surface area contributed by atoms with Crippen LogP contribution in [0.15, 0.2) is 0 Å². The minimum absolute atomic E-state index is 0.293. The molecule has 3 unspecified atom stereocenters. The van der Waals surface area contributed by atoms with E-state index >= 15 is 0 Å². The highest BCUT2D eigenvalue weighted by molar-refractivity contribution is 5.81. The zero-order valence-corrected chi connectivity index (χ0v) is 9.48. The number of hydrogen-bond donors (Lipinski definition) is 1. The van der Waals surface area contributed by atoms with E-state index in [2.05, 4.69) is 11.8 Å². The van der Waals surface area contributed by atoms with Crippen molar-refractivity contribution in [1.29, 1.82) is 0 Å². The van der Waals surface area contributed by atoms with Gasteiger partial charge < -0.3 is 5.11 Å². The van der Waals surface area contributed by atoms with Crippen molar-refractivity contribution in [3.63, 3.8) is 0 Å². The second-order valence-electron chi connectivity index (χ2n) is 5.28. The Kier molecular flexibility index (Phi) is 3.42. The van der Waals surface area contributed by atoms with Gasteiger partial charge in [0.25, 0.3) is 0 Å². The van der Waals surface area contributed by atoms with Gasteiger partial charge in [-0.05, 0) is 24.7 Å². The van der Waals surface area contributed by atoms with E-state index in [-0.39, 0.29) is 0 Å². The number of rotatable bonds is 2. The fourth-order valence-corrected chi connectivity index (χ4v) is 3.06. The second-order valence-corrected chi connectivity index (χ2v) is 5.28. The van der Waals surface area contributed by atoms with Crippen molar-refractivity contribution in [1.82, 2.24) is 4.90 Å². The largest absolute Gasteiger partial charge is 0.396 e. The molecule has 3 atom stereocenters. The molecular formula is C12H21NO2. The lowest BCUT2D eigenvalue weighted by Crippen LogP contribution is -2.45. The molecule has 0 radical (unpaired) electrons. The van der Waals surface area contributed by atoms with Crippen molar-refractivity contribution in [3.8, 4) is 0 Å². The molecule has 1 saturated heterocycles. The third kappa shape index (κ3) is 2.58. The SMILES string of the molecule is CC1CC(CO)CN(C2CCC(=O)C2)C1. The first kappa shape index (κ1) is 11.1. The van der Waals surface area contributed by atoms with Crippen LogP contribution < -0.4 is 0 Å². The molecule has 0 aromatic heterocycles. The Bertz CT molecular complexity index is 242. The van der Waals surface area contributed by atoms with Gasteiger partial charge in [0.15, 0.2) is 0 Å². The first-order chi connectivity index (χ1) is 7.19. The Morgan fingerprint density at radius 1 is 1.47 bits per heavy atom. The predicted octanol–water partition coefficient (Wildman–Crippen LogP) is 1.06. The number of ketones is 1. The summed E-state index contributed by atoms with van der Waals surface area (Å²) in [6.45, 7) is 4.63. The Morgan fingerprint density at radius 3 is 2.87 bits per heavy atom. The average Bonchev–Trinajstić information content (AvgIpc) is 2.64. The number of Topliss-reactive ketones (excluding diaryl/α,β-unsaturated/α-hetero) is 1. The van der Waals surface area contributed by atoms with Crippen LogP contribution in [0.4, 0.5) is 0 Å². The molecule has 1 aliphatic carbocycles. The van der Waals surface area contributed by atoms with Gasteiger partial charge in [-0.25, -0.2) is 0 Å². The lowest BCUT2D eigenvalue weighted by molar-refractivity contribution is -0.117. The maximum atomic E-state index is 11.3. The maximum Gasteiger partial charge on any atom is 0.134 e. The number of hydrogen-bond acceptors (Lipinski definition) is 3. The van der Waals surface area contributed by atoms with Crippen LogP contribution in [0.3, 0.4) is 0 Å². The number of likely N-dealkylation sites (tertiary alicyclic amines) is 1. The summed E-state index contributed by atoms with van der Waals surface area (Å²) in [5.74, 6) is 1.50. The molecule has 0 bridgehead atoms. The van der Waals surface area contributed by atoms with Crippen molar-refractivity contribution in [2.75, 3.05) is 19.7 Å². The van der Waals surface area contributed by atoms with Crippen LogP contribution in [0.1, 0.15) is 32.6 Å². The fraction of sp³-hybridized carbons (Fsp3) is 0.917. The van der Waals surface area contributed by atoms with Gasteiger partial charge in [-0.1, -0.05) is 6.92 Å². The Balaban J connectivity index is 1.93. The molecular weight excluding hydrogens is 190 g/mol. The van der Waals surface area contributed by atoms with Crippen molar-refractivity contribution in [3.05, 3.63) is 0 Å². The molecule has 3 heteroatoms. The standard InChI is InChI=1S/C12H21NO2/c1-9-4-10(8-14)7-13(6-9)11-2-3-12(15)5-11/h9-11,14H,2-8H2,1H3. The van der Waals surface area contributed by atoms with E-state index in [1.807, 2.05) is 0 Å². The average molecular weight is 211 g/mol. The van der Waals surface area contributed by atoms with Crippen LogP contribution >= 0.6 is 0 Å². The maximum absolute atomic E-state index is 11.3. The molecule has 0 amide bonds. The van der Waals surface area contributed by atoms with Crippen LogP contribution in [0.5, 0.6) is 0 Å². The monoisotopic (exact) mass is 211 g/mol. The first-order valence-electron chi connectivity index (χ1n) is 6.05. The quantitative estimate of drug-likeness (QED) is 0.742. The summed E-state index contributed by atoms with van der Waals surface area (Å²) in [4.78, 5) is 13.7. The fourth-order valence-electron chi connectivity index (χ4n) is 3.06. The van der Waals surface area contributed by atoms with E-state index < -0.39 is 0 Å². The molecule has 1 heterocycles. The van der Waals surface area contributed by atoms with E-state index in [0.29, 0.717) is 30.3 Å². The van der Waals surface area contributed by atoms with Crippen LogP contribution in [-0.4, -0.2) is 41.5 Å². The van der Waals surface area contributed by atoms with Gasteiger partial charge >= 0.3 is 0 Å². The summed E-state index contributed by atoms with van der Waals surface area (Å²) in [5, 5.41) is 9.23. The van der Waals surface area contributed by atoms with Gasteiger partial charge in [-0.15, -0.1) is 0 Å². The smallest absolute Gasteiger partial charge is 0.134 e. The van der Waals surface area contributed by atoms with E-state index in [4.69, 9.17) is 0 Å². The highest BCUT2D eigenvalue weighted by Crippen LogP contribution is 2.28. The van der Waals surface area contributed by atoms with E-state index in [1.165, 1.54) is 0 Å². The van der Waals surface area contributed by atoms with Crippen LogP contribution in [0, 0.1) is 11.8 Å². The predicted molar refractivity (Wildman–Crippen MR) is 58.6 cm³/mol. The second kappa shape index (κ2) is 4.62. The van der Waals surface area contributed by atoms with Crippen LogP contribution in [0.25, 0.3) is 0 Å². The summed E-state index contributed by atoms with van der Waals surface area (Å²) in [7, 11) is 0. The lowest BCUT2D eigenvalue weighted by atomic mass is 9.90. The van der Waals surface area contributed by atoms with Gasteiger partial charge in [0, 0.05) is 38.6 Å². The summed E-state index contributed by atoms with van der Waals surface area (Å²) >= 11 is 0. The third-order valence-electron chi connectivity index (χ3n) is 3.77. The van der Waals surface area contributed by atoms with Gasteiger partial charge in [0.1, 0.15) is 5.78 Å². The van der Waals surface area contributed by atoms with Crippen molar-refractivity contribution >= 4 is 5.78 Å². The minimum Gasteiger partial charge on any atom is -0.396 e. The molecule has 15 heavy (non-hydrogen) atoms. The van der Waals surface area contributed by atoms with Gasteiger partial charge in [0.05, 0.1) is 0 Å².